The van der Waals surface area contributed by atoms with Crippen LogP contribution < -0.4 is 10.5 Å². The fraction of sp³-hybridized carbons (Fsp3) is 0.571. The van der Waals surface area contributed by atoms with Crippen LogP contribution in [-0.4, -0.2) is 17.4 Å². The first-order valence-electron chi connectivity index (χ1n) is 6.67. The van der Waals surface area contributed by atoms with Crippen molar-refractivity contribution in [3.05, 3.63) is 29.8 Å². The van der Waals surface area contributed by atoms with E-state index in [1.54, 1.807) is 6.07 Å². The van der Waals surface area contributed by atoms with E-state index in [2.05, 4.69) is 4.74 Å². The molecule has 1 aliphatic carbocycles. The molecule has 0 spiro atoms. The maximum absolute atomic E-state index is 12.2. The lowest BCUT2D eigenvalue weighted by Gasteiger charge is -2.16. The van der Waals surface area contributed by atoms with Crippen molar-refractivity contribution in [2.24, 2.45) is 5.73 Å². The lowest BCUT2D eigenvalue weighted by Crippen LogP contribution is -2.18. The highest BCUT2D eigenvalue weighted by Crippen LogP contribution is 2.32. The molecule has 0 heterocycles. The molecule has 6 heteroatoms. The summed E-state index contributed by atoms with van der Waals surface area (Å²) in [5.74, 6) is 0.511. The molecule has 2 rings (SSSR count). The predicted octanol–water partition coefficient (Wildman–Crippen LogP) is 4.26. The Labute approximate surface area is 120 Å². The molecule has 1 aliphatic rings. The van der Waals surface area contributed by atoms with Gasteiger partial charge in [-0.15, -0.1) is 13.2 Å². The Balaban J connectivity index is 1.91. The second-order valence-corrected chi connectivity index (χ2v) is 6.30. The van der Waals surface area contributed by atoms with Crippen LogP contribution in [0.4, 0.5) is 13.2 Å². The summed E-state index contributed by atoms with van der Waals surface area (Å²) in [5, 5.41) is 0.649. The number of alkyl halides is 3. The highest BCUT2D eigenvalue weighted by molar-refractivity contribution is 7.99. The number of ether oxygens (including phenoxy) is 1. The molecule has 0 aromatic heterocycles. The standard InChI is InChI=1S/C14H18F3NOS/c15-14(16,17)19-11-5-3-4-10(8-11)13(18)9-20-12-6-1-2-7-12/h3-5,8,12-13H,1-2,6-7,9,18H2. The lowest BCUT2D eigenvalue weighted by atomic mass is 10.1. The third-order valence-corrected chi connectivity index (χ3v) is 4.83. The molecule has 1 aromatic carbocycles. The molecule has 112 valence electrons. The van der Waals surface area contributed by atoms with E-state index in [4.69, 9.17) is 5.73 Å². The maximum atomic E-state index is 12.2. The fourth-order valence-electron chi connectivity index (χ4n) is 2.33. The minimum atomic E-state index is -4.67. The zero-order valence-corrected chi connectivity index (χ0v) is 11.8. The van der Waals surface area contributed by atoms with E-state index in [-0.39, 0.29) is 11.8 Å². The van der Waals surface area contributed by atoms with Crippen LogP contribution in [0.2, 0.25) is 0 Å². The molecule has 1 fully saturated rings. The number of nitrogens with two attached hydrogens (primary N) is 1. The second-order valence-electron chi connectivity index (χ2n) is 4.97. The number of benzene rings is 1. The van der Waals surface area contributed by atoms with Gasteiger partial charge in [-0.3, -0.25) is 0 Å². The first kappa shape index (κ1) is 15.5. The maximum Gasteiger partial charge on any atom is 0.573 e. The third-order valence-electron chi connectivity index (χ3n) is 3.33. The molecule has 1 atom stereocenters. The summed E-state index contributed by atoms with van der Waals surface area (Å²) >= 11 is 1.82. The van der Waals surface area contributed by atoms with Crippen LogP contribution >= 0.6 is 11.8 Å². The number of hydrogen-bond acceptors (Lipinski definition) is 3. The van der Waals surface area contributed by atoms with Crippen LogP contribution in [0.15, 0.2) is 24.3 Å². The Kier molecular flexibility index (Phi) is 5.21. The van der Waals surface area contributed by atoms with Gasteiger partial charge in [-0.1, -0.05) is 25.0 Å². The summed E-state index contributed by atoms with van der Waals surface area (Å²) in [6, 6.07) is 5.67. The number of halogens is 3. The van der Waals surface area contributed by atoms with Gasteiger partial charge in [0.1, 0.15) is 5.75 Å². The van der Waals surface area contributed by atoms with E-state index in [0.717, 1.165) is 5.75 Å². The molecule has 2 N–H and O–H groups in total. The molecule has 0 amide bonds. The summed E-state index contributed by atoms with van der Waals surface area (Å²) in [6.07, 6.45) is 0.300. The van der Waals surface area contributed by atoms with E-state index in [1.165, 1.54) is 43.9 Å². The first-order valence-corrected chi connectivity index (χ1v) is 7.72. The SMILES string of the molecule is NC(CSC1CCCC1)c1cccc(OC(F)(F)F)c1. The van der Waals surface area contributed by atoms with Crippen molar-refractivity contribution in [1.29, 1.82) is 0 Å². The first-order chi connectivity index (χ1) is 9.44. The van der Waals surface area contributed by atoms with Gasteiger partial charge < -0.3 is 10.5 Å². The van der Waals surface area contributed by atoms with Crippen molar-refractivity contribution < 1.29 is 17.9 Å². The van der Waals surface area contributed by atoms with Crippen LogP contribution in [0.5, 0.6) is 5.75 Å². The van der Waals surface area contributed by atoms with Crippen LogP contribution in [0.3, 0.4) is 0 Å². The normalized spacial score (nSPS) is 18.2. The van der Waals surface area contributed by atoms with Crippen molar-refractivity contribution >= 4 is 11.8 Å². The van der Waals surface area contributed by atoms with Crippen LogP contribution in [-0.2, 0) is 0 Å². The van der Waals surface area contributed by atoms with Crippen molar-refractivity contribution in [3.8, 4) is 5.75 Å². The largest absolute Gasteiger partial charge is 0.573 e. The Hall–Kier alpha value is -0.880. The van der Waals surface area contributed by atoms with E-state index in [0.29, 0.717) is 10.8 Å². The van der Waals surface area contributed by atoms with E-state index < -0.39 is 6.36 Å². The van der Waals surface area contributed by atoms with Crippen molar-refractivity contribution in [1.82, 2.24) is 0 Å². The minimum absolute atomic E-state index is 0.212. The van der Waals surface area contributed by atoms with Gasteiger partial charge in [-0.05, 0) is 30.5 Å². The van der Waals surface area contributed by atoms with Gasteiger partial charge in [-0.2, -0.15) is 11.8 Å². The second kappa shape index (κ2) is 6.72. The van der Waals surface area contributed by atoms with Gasteiger partial charge in [0.05, 0.1) is 0 Å². The average molecular weight is 305 g/mol. The van der Waals surface area contributed by atoms with Gasteiger partial charge >= 0.3 is 6.36 Å². The van der Waals surface area contributed by atoms with Gasteiger partial charge in [0.25, 0.3) is 0 Å². The monoisotopic (exact) mass is 305 g/mol. The van der Waals surface area contributed by atoms with Gasteiger partial charge in [0.15, 0.2) is 0 Å². The summed E-state index contributed by atoms with van der Waals surface area (Å²) in [5.41, 5.74) is 6.73. The molecule has 20 heavy (non-hydrogen) atoms. The smallest absolute Gasteiger partial charge is 0.406 e. The summed E-state index contributed by atoms with van der Waals surface area (Å²) in [6.45, 7) is 0. The Morgan fingerprint density at radius 1 is 1.30 bits per heavy atom. The highest BCUT2D eigenvalue weighted by Gasteiger charge is 2.31. The van der Waals surface area contributed by atoms with E-state index in [1.807, 2.05) is 11.8 Å². The molecule has 0 bridgehead atoms. The molecule has 0 aliphatic heterocycles. The molecule has 0 saturated heterocycles. The van der Waals surface area contributed by atoms with E-state index >= 15 is 0 Å². The zero-order chi connectivity index (χ0) is 14.6. The van der Waals surface area contributed by atoms with Crippen molar-refractivity contribution in [2.75, 3.05) is 5.75 Å². The van der Waals surface area contributed by atoms with Crippen LogP contribution in [0, 0.1) is 0 Å². The Morgan fingerprint density at radius 3 is 2.65 bits per heavy atom. The van der Waals surface area contributed by atoms with Gasteiger partial charge in [0.2, 0.25) is 0 Å². The molecular weight excluding hydrogens is 287 g/mol. The van der Waals surface area contributed by atoms with Gasteiger partial charge in [-0.25, -0.2) is 0 Å². The highest BCUT2D eigenvalue weighted by atomic mass is 32.2. The third kappa shape index (κ3) is 4.90. The molecule has 1 aromatic rings. The van der Waals surface area contributed by atoms with Gasteiger partial charge in [0, 0.05) is 17.0 Å². The summed E-state index contributed by atoms with van der Waals surface area (Å²) < 4.78 is 40.4. The molecule has 1 saturated carbocycles. The molecule has 2 nitrogen and oxygen atoms in total. The summed E-state index contributed by atoms with van der Waals surface area (Å²) in [7, 11) is 0. The number of rotatable bonds is 5. The Morgan fingerprint density at radius 2 is 2.00 bits per heavy atom. The summed E-state index contributed by atoms with van der Waals surface area (Å²) in [4.78, 5) is 0. The van der Waals surface area contributed by atoms with Crippen molar-refractivity contribution in [3.63, 3.8) is 0 Å². The van der Waals surface area contributed by atoms with Crippen LogP contribution in [0.1, 0.15) is 37.3 Å². The molecule has 1 unspecified atom stereocenters. The van der Waals surface area contributed by atoms with E-state index in [9.17, 15) is 13.2 Å². The minimum Gasteiger partial charge on any atom is -0.406 e. The number of thioether (sulfide) groups is 1. The predicted molar refractivity (Wildman–Crippen MR) is 74.8 cm³/mol. The molecular formula is C14H18F3NOS. The zero-order valence-electron chi connectivity index (χ0n) is 11.0. The topological polar surface area (TPSA) is 35.2 Å². The number of hydrogen-bond donors (Lipinski definition) is 1. The Bertz CT molecular complexity index is 433. The lowest BCUT2D eigenvalue weighted by molar-refractivity contribution is -0.274. The average Bonchev–Trinajstić information content (AvgIpc) is 2.87. The van der Waals surface area contributed by atoms with Crippen molar-refractivity contribution in [2.45, 2.75) is 43.3 Å². The fourth-order valence-corrected chi connectivity index (χ4v) is 3.67. The van der Waals surface area contributed by atoms with Crippen LogP contribution in [0.25, 0.3) is 0 Å². The molecule has 0 radical (unpaired) electrons. The quantitative estimate of drug-likeness (QED) is 0.882.